The molecule has 0 saturated heterocycles. The van der Waals surface area contributed by atoms with Gasteiger partial charge in [0.25, 0.3) is 0 Å². The van der Waals surface area contributed by atoms with E-state index in [-0.39, 0.29) is 11.2 Å². The molecule has 140 valence electrons. The zero-order valence-electron chi connectivity index (χ0n) is 15.1. The number of thioether (sulfide) groups is 1. The molecule has 8 heteroatoms. The normalized spacial score (nSPS) is 16.4. The third kappa shape index (κ3) is 3.99. The van der Waals surface area contributed by atoms with Gasteiger partial charge in [-0.2, -0.15) is 0 Å². The van der Waals surface area contributed by atoms with Crippen molar-refractivity contribution in [3.8, 4) is 11.4 Å². The van der Waals surface area contributed by atoms with Gasteiger partial charge in [0.1, 0.15) is 0 Å². The van der Waals surface area contributed by atoms with E-state index < -0.39 is 0 Å². The van der Waals surface area contributed by atoms with Gasteiger partial charge in [0.2, 0.25) is 11.1 Å². The van der Waals surface area contributed by atoms with Crippen LogP contribution in [0.2, 0.25) is 5.02 Å². The molecule has 1 saturated carbocycles. The number of hydrogen-bond acceptors (Lipinski definition) is 5. The quantitative estimate of drug-likeness (QED) is 0.620. The van der Waals surface area contributed by atoms with Gasteiger partial charge in [-0.3, -0.25) is 4.79 Å². The Morgan fingerprint density at radius 3 is 2.69 bits per heavy atom. The molecular weight excluding hydrogens is 370 g/mol. The number of carbonyl (C=O) groups excluding carboxylic acids is 1. The van der Waals surface area contributed by atoms with Crippen LogP contribution < -0.4 is 5.84 Å². The Kier molecular flexibility index (Phi) is 6.09. The molecule has 1 fully saturated rings. The first-order chi connectivity index (χ1) is 12.5. The Bertz CT molecular complexity index is 775. The van der Waals surface area contributed by atoms with Crippen molar-refractivity contribution in [3.05, 3.63) is 29.3 Å². The first kappa shape index (κ1) is 19.0. The Balaban J connectivity index is 1.71. The zero-order chi connectivity index (χ0) is 18.7. The highest BCUT2D eigenvalue weighted by molar-refractivity contribution is 8.00. The van der Waals surface area contributed by atoms with Crippen LogP contribution in [-0.2, 0) is 4.79 Å². The predicted octanol–water partition coefficient (Wildman–Crippen LogP) is 3.58. The van der Waals surface area contributed by atoms with Gasteiger partial charge in [0.15, 0.2) is 5.82 Å². The standard InChI is InChI=1S/C18H24ClN5OS/c1-12(17(25)23(2)13-8-4-3-5-9-13)26-18-22-21-16(24(18)20)14-10-6-7-11-15(14)19/h6-7,10-13H,3-5,8-9,20H2,1-2H3. The number of nitrogen functional groups attached to an aromatic ring is 1. The fraction of sp³-hybridized carbons (Fsp3) is 0.500. The highest BCUT2D eigenvalue weighted by atomic mass is 35.5. The summed E-state index contributed by atoms with van der Waals surface area (Å²) in [7, 11) is 1.90. The van der Waals surface area contributed by atoms with Crippen LogP contribution in [0, 0.1) is 0 Å². The average Bonchev–Trinajstić information content (AvgIpc) is 3.02. The third-order valence-electron chi connectivity index (χ3n) is 4.88. The molecule has 1 heterocycles. The lowest BCUT2D eigenvalue weighted by Gasteiger charge is -2.32. The molecule has 6 nitrogen and oxygen atoms in total. The maximum atomic E-state index is 12.8. The van der Waals surface area contributed by atoms with Gasteiger partial charge in [0, 0.05) is 18.7 Å². The molecule has 1 aromatic heterocycles. The Hall–Kier alpha value is -1.73. The van der Waals surface area contributed by atoms with Gasteiger partial charge in [-0.05, 0) is 31.9 Å². The lowest BCUT2D eigenvalue weighted by Crippen LogP contribution is -2.42. The fourth-order valence-corrected chi connectivity index (χ4v) is 4.42. The maximum absolute atomic E-state index is 12.8. The van der Waals surface area contributed by atoms with Crippen LogP contribution in [0.15, 0.2) is 29.4 Å². The molecule has 3 rings (SSSR count). The van der Waals surface area contributed by atoms with Crippen molar-refractivity contribution < 1.29 is 4.79 Å². The minimum atomic E-state index is -0.285. The lowest BCUT2D eigenvalue weighted by atomic mass is 9.94. The highest BCUT2D eigenvalue weighted by Gasteiger charge is 2.27. The number of rotatable bonds is 5. The van der Waals surface area contributed by atoms with Crippen molar-refractivity contribution >= 4 is 29.3 Å². The Labute approximate surface area is 163 Å². The molecule has 1 aliphatic carbocycles. The molecule has 0 radical (unpaired) electrons. The third-order valence-corrected chi connectivity index (χ3v) is 6.25. The van der Waals surface area contributed by atoms with E-state index in [1.165, 1.54) is 35.7 Å². The number of benzene rings is 1. The molecular formula is C18H24ClN5OS. The molecule has 1 aliphatic rings. The number of carbonyl (C=O) groups is 1. The second-order valence-corrected chi connectivity index (χ2v) is 8.37. The minimum Gasteiger partial charge on any atom is -0.342 e. The second kappa shape index (κ2) is 8.31. The van der Waals surface area contributed by atoms with Crippen molar-refractivity contribution in [3.63, 3.8) is 0 Å². The SMILES string of the molecule is CC(Sc1nnc(-c2ccccc2Cl)n1N)C(=O)N(C)C1CCCCC1. The summed E-state index contributed by atoms with van der Waals surface area (Å²) in [6.45, 7) is 1.89. The molecule has 1 aromatic carbocycles. The second-order valence-electron chi connectivity index (χ2n) is 6.66. The van der Waals surface area contributed by atoms with Crippen LogP contribution in [0.5, 0.6) is 0 Å². The van der Waals surface area contributed by atoms with E-state index in [4.69, 9.17) is 17.4 Å². The van der Waals surface area contributed by atoms with Crippen LogP contribution >= 0.6 is 23.4 Å². The van der Waals surface area contributed by atoms with E-state index in [1.54, 1.807) is 6.07 Å². The summed E-state index contributed by atoms with van der Waals surface area (Å²) >= 11 is 7.54. The summed E-state index contributed by atoms with van der Waals surface area (Å²) in [6.07, 6.45) is 5.83. The molecule has 26 heavy (non-hydrogen) atoms. The van der Waals surface area contributed by atoms with Gasteiger partial charge in [-0.1, -0.05) is 54.8 Å². The van der Waals surface area contributed by atoms with E-state index in [1.807, 2.05) is 37.1 Å². The summed E-state index contributed by atoms with van der Waals surface area (Å²) in [6, 6.07) is 7.68. The number of nitrogens with two attached hydrogens (primary N) is 1. The van der Waals surface area contributed by atoms with Gasteiger partial charge in [0.05, 0.1) is 10.3 Å². The fourth-order valence-electron chi connectivity index (χ4n) is 3.33. The number of amides is 1. The Morgan fingerprint density at radius 1 is 1.31 bits per heavy atom. The number of nitrogens with zero attached hydrogens (tertiary/aromatic N) is 4. The lowest BCUT2D eigenvalue weighted by molar-refractivity contribution is -0.131. The van der Waals surface area contributed by atoms with Crippen molar-refractivity contribution in [1.82, 2.24) is 19.8 Å². The average molecular weight is 394 g/mol. The first-order valence-electron chi connectivity index (χ1n) is 8.87. The van der Waals surface area contributed by atoms with Crippen molar-refractivity contribution in [2.45, 2.75) is 55.5 Å². The van der Waals surface area contributed by atoms with E-state index in [0.717, 1.165) is 12.8 Å². The number of halogens is 1. The number of hydrogen-bond donors (Lipinski definition) is 1. The first-order valence-corrected chi connectivity index (χ1v) is 10.1. The molecule has 0 bridgehead atoms. The van der Waals surface area contributed by atoms with Crippen LogP contribution in [-0.4, -0.2) is 44.0 Å². The van der Waals surface area contributed by atoms with Crippen LogP contribution in [0.3, 0.4) is 0 Å². The molecule has 0 spiro atoms. The summed E-state index contributed by atoms with van der Waals surface area (Å²) in [5, 5.41) is 9.07. The highest BCUT2D eigenvalue weighted by Crippen LogP contribution is 2.30. The topological polar surface area (TPSA) is 77.0 Å². The van der Waals surface area contributed by atoms with E-state index in [2.05, 4.69) is 10.2 Å². The maximum Gasteiger partial charge on any atom is 0.235 e. The summed E-state index contributed by atoms with van der Waals surface area (Å²) in [4.78, 5) is 14.7. The molecule has 2 N–H and O–H groups in total. The van der Waals surface area contributed by atoms with Crippen LogP contribution in [0.4, 0.5) is 0 Å². The van der Waals surface area contributed by atoms with Crippen LogP contribution in [0.25, 0.3) is 11.4 Å². The van der Waals surface area contributed by atoms with Crippen molar-refractivity contribution in [1.29, 1.82) is 0 Å². The zero-order valence-corrected chi connectivity index (χ0v) is 16.6. The van der Waals surface area contributed by atoms with E-state index in [0.29, 0.717) is 27.6 Å². The van der Waals surface area contributed by atoms with Gasteiger partial charge >= 0.3 is 0 Å². The van der Waals surface area contributed by atoms with Gasteiger partial charge in [-0.15, -0.1) is 10.2 Å². The molecule has 1 amide bonds. The molecule has 2 aromatic rings. The summed E-state index contributed by atoms with van der Waals surface area (Å²) in [5.41, 5.74) is 0.717. The predicted molar refractivity (Wildman–Crippen MR) is 106 cm³/mol. The van der Waals surface area contributed by atoms with Crippen LogP contribution in [0.1, 0.15) is 39.0 Å². The Morgan fingerprint density at radius 2 is 2.00 bits per heavy atom. The van der Waals surface area contributed by atoms with Gasteiger partial charge in [-0.25, -0.2) is 4.68 Å². The number of aromatic nitrogens is 3. The monoisotopic (exact) mass is 393 g/mol. The minimum absolute atomic E-state index is 0.101. The molecule has 1 unspecified atom stereocenters. The van der Waals surface area contributed by atoms with E-state index in [9.17, 15) is 4.79 Å². The largest absolute Gasteiger partial charge is 0.342 e. The van der Waals surface area contributed by atoms with Crippen molar-refractivity contribution in [2.24, 2.45) is 0 Å². The van der Waals surface area contributed by atoms with E-state index >= 15 is 0 Å². The van der Waals surface area contributed by atoms with Crippen molar-refractivity contribution in [2.75, 3.05) is 12.9 Å². The molecule has 0 aliphatic heterocycles. The summed E-state index contributed by atoms with van der Waals surface area (Å²) < 4.78 is 1.40. The smallest absolute Gasteiger partial charge is 0.235 e. The van der Waals surface area contributed by atoms with Gasteiger partial charge < -0.3 is 10.7 Å². The molecule has 1 atom stereocenters. The summed E-state index contributed by atoms with van der Waals surface area (Å²) in [5.74, 6) is 6.74.